The molecule has 3 aromatic heterocycles. The van der Waals surface area contributed by atoms with Gasteiger partial charge in [-0.25, -0.2) is 0 Å². The molecule has 1 amide bonds. The molecule has 154 valence electrons. The highest BCUT2D eigenvalue weighted by molar-refractivity contribution is 7.99. The molecule has 0 atom stereocenters. The lowest BCUT2D eigenvalue weighted by Gasteiger charge is -2.13. The summed E-state index contributed by atoms with van der Waals surface area (Å²) in [6.07, 6.45) is 2.52. The van der Waals surface area contributed by atoms with Crippen LogP contribution in [0.2, 0.25) is 0 Å². The van der Waals surface area contributed by atoms with E-state index in [1.165, 1.54) is 11.8 Å². The van der Waals surface area contributed by atoms with Gasteiger partial charge in [-0.05, 0) is 48.1 Å². The number of nitrogens with one attached hydrogen (secondary N) is 1. The number of rotatable bonds is 8. The smallest absolute Gasteiger partial charge is 0.234 e. The summed E-state index contributed by atoms with van der Waals surface area (Å²) in [5, 5.41) is 14.5. The van der Waals surface area contributed by atoms with E-state index < -0.39 is 0 Å². The number of amides is 1. The molecule has 0 bridgehead atoms. The molecule has 1 aromatic carbocycles. The number of aromatic nitrogens is 3. The molecule has 6 nitrogen and oxygen atoms in total. The Kier molecular flexibility index (Phi) is 6.35. The van der Waals surface area contributed by atoms with Gasteiger partial charge < -0.3 is 9.73 Å². The summed E-state index contributed by atoms with van der Waals surface area (Å²) in [5.41, 5.74) is 3.10. The first-order chi connectivity index (χ1) is 14.7. The van der Waals surface area contributed by atoms with E-state index in [2.05, 4.69) is 22.4 Å². The van der Waals surface area contributed by atoms with Crippen molar-refractivity contribution in [1.29, 1.82) is 0 Å². The van der Waals surface area contributed by atoms with Crippen molar-refractivity contribution in [3.05, 3.63) is 71.0 Å². The zero-order chi connectivity index (χ0) is 20.9. The van der Waals surface area contributed by atoms with Gasteiger partial charge in [-0.3, -0.25) is 9.36 Å². The number of para-hydroxylation sites is 1. The van der Waals surface area contributed by atoms with E-state index in [-0.39, 0.29) is 11.7 Å². The quantitative estimate of drug-likeness (QED) is 0.380. The van der Waals surface area contributed by atoms with E-state index >= 15 is 0 Å². The Balaban J connectivity index is 1.51. The summed E-state index contributed by atoms with van der Waals surface area (Å²) in [7, 11) is 0. The van der Waals surface area contributed by atoms with Crippen molar-refractivity contribution in [3.63, 3.8) is 0 Å². The fraction of sp³-hybridized carbons (Fsp3) is 0.227. The van der Waals surface area contributed by atoms with E-state index in [9.17, 15) is 4.79 Å². The van der Waals surface area contributed by atoms with Crippen LogP contribution >= 0.6 is 23.1 Å². The number of carbonyl (C=O) groups is 1. The maximum absolute atomic E-state index is 12.7. The van der Waals surface area contributed by atoms with Crippen LogP contribution in [0.4, 0.5) is 5.69 Å². The highest BCUT2D eigenvalue weighted by Crippen LogP contribution is 2.28. The van der Waals surface area contributed by atoms with E-state index in [0.29, 0.717) is 11.7 Å². The van der Waals surface area contributed by atoms with Crippen molar-refractivity contribution in [2.75, 3.05) is 11.1 Å². The SMILES string of the molecule is CCc1cccc(C)c1NC(=O)CSc1nnc(-c2cccs2)n1Cc1ccco1. The standard InChI is InChI=1S/C22H22N4O2S2/c1-3-16-8-4-7-15(2)20(16)23-19(27)14-30-22-25-24-21(18-10-6-12-29-18)26(22)13-17-9-5-11-28-17/h4-12H,3,13-14H2,1-2H3,(H,23,27). The second-order valence-electron chi connectivity index (χ2n) is 6.75. The van der Waals surface area contributed by atoms with Gasteiger partial charge in [0.25, 0.3) is 0 Å². The third kappa shape index (κ3) is 4.49. The first-order valence-electron chi connectivity index (χ1n) is 9.66. The lowest BCUT2D eigenvalue weighted by molar-refractivity contribution is -0.113. The molecule has 3 heterocycles. The summed E-state index contributed by atoms with van der Waals surface area (Å²) in [4.78, 5) is 13.7. The molecule has 0 fully saturated rings. The van der Waals surface area contributed by atoms with Crippen LogP contribution in [0.15, 0.2) is 63.7 Å². The number of thiophene rings is 1. The first kappa shape index (κ1) is 20.4. The van der Waals surface area contributed by atoms with E-state index in [1.807, 2.05) is 59.3 Å². The van der Waals surface area contributed by atoms with Gasteiger partial charge in [-0.15, -0.1) is 21.5 Å². The van der Waals surface area contributed by atoms with Crippen LogP contribution in [0, 0.1) is 6.92 Å². The van der Waals surface area contributed by atoms with Crippen LogP contribution in [0.1, 0.15) is 23.8 Å². The van der Waals surface area contributed by atoms with Gasteiger partial charge in [0, 0.05) is 5.69 Å². The molecule has 4 aromatic rings. The fourth-order valence-electron chi connectivity index (χ4n) is 3.19. The molecule has 8 heteroatoms. The Morgan fingerprint density at radius 1 is 1.20 bits per heavy atom. The summed E-state index contributed by atoms with van der Waals surface area (Å²) in [6.45, 7) is 4.60. The van der Waals surface area contributed by atoms with Gasteiger partial charge in [-0.1, -0.05) is 43.0 Å². The Morgan fingerprint density at radius 2 is 2.10 bits per heavy atom. The first-order valence-corrected chi connectivity index (χ1v) is 11.5. The largest absolute Gasteiger partial charge is 0.467 e. The van der Waals surface area contributed by atoms with Crippen LogP contribution < -0.4 is 5.32 Å². The molecule has 0 radical (unpaired) electrons. The molecule has 1 N–H and O–H groups in total. The minimum Gasteiger partial charge on any atom is -0.467 e. The van der Waals surface area contributed by atoms with E-state index in [0.717, 1.165) is 39.7 Å². The molecule has 30 heavy (non-hydrogen) atoms. The summed E-state index contributed by atoms with van der Waals surface area (Å²) in [5.74, 6) is 1.77. The second-order valence-corrected chi connectivity index (χ2v) is 8.64. The summed E-state index contributed by atoms with van der Waals surface area (Å²) in [6, 6.07) is 13.8. The molecule has 0 aliphatic rings. The van der Waals surface area contributed by atoms with Crippen molar-refractivity contribution in [2.45, 2.75) is 32.0 Å². The number of carbonyl (C=O) groups excluding carboxylic acids is 1. The molecular weight excluding hydrogens is 416 g/mol. The molecule has 0 saturated carbocycles. The van der Waals surface area contributed by atoms with Crippen LogP contribution in [-0.2, 0) is 17.8 Å². The number of furan rings is 1. The number of thioether (sulfide) groups is 1. The molecule has 0 aliphatic carbocycles. The van der Waals surface area contributed by atoms with Crippen LogP contribution in [0.5, 0.6) is 0 Å². The summed E-state index contributed by atoms with van der Waals surface area (Å²) < 4.78 is 7.51. The number of benzene rings is 1. The van der Waals surface area contributed by atoms with E-state index in [4.69, 9.17) is 4.42 Å². The minimum absolute atomic E-state index is 0.0609. The van der Waals surface area contributed by atoms with E-state index in [1.54, 1.807) is 17.6 Å². The Labute approximate surface area is 183 Å². The third-order valence-electron chi connectivity index (χ3n) is 4.69. The van der Waals surface area contributed by atoms with Gasteiger partial charge in [0.05, 0.1) is 23.4 Å². The fourth-order valence-corrected chi connectivity index (χ4v) is 4.65. The molecule has 0 spiro atoms. The van der Waals surface area contributed by atoms with Gasteiger partial charge >= 0.3 is 0 Å². The van der Waals surface area contributed by atoms with Crippen molar-refractivity contribution in [3.8, 4) is 10.7 Å². The Bertz CT molecular complexity index is 1120. The maximum atomic E-state index is 12.7. The molecular formula is C22H22N4O2S2. The van der Waals surface area contributed by atoms with Gasteiger partial charge in [0.15, 0.2) is 11.0 Å². The topological polar surface area (TPSA) is 73.0 Å². The van der Waals surface area contributed by atoms with Gasteiger partial charge in [0.2, 0.25) is 5.91 Å². The molecule has 0 aliphatic heterocycles. The average molecular weight is 439 g/mol. The Hall–Kier alpha value is -2.84. The third-order valence-corrected chi connectivity index (χ3v) is 6.52. The Morgan fingerprint density at radius 3 is 2.83 bits per heavy atom. The average Bonchev–Trinajstić information content (AvgIpc) is 3.50. The summed E-state index contributed by atoms with van der Waals surface area (Å²) >= 11 is 2.98. The molecule has 0 unspecified atom stereocenters. The zero-order valence-corrected chi connectivity index (χ0v) is 18.4. The lowest BCUT2D eigenvalue weighted by Crippen LogP contribution is -2.16. The second kappa shape index (κ2) is 9.32. The van der Waals surface area contributed by atoms with Crippen molar-refractivity contribution < 1.29 is 9.21 Å². The molecule has 0 saturated heterocycles. The number of aryl methyl sites for hydroxylation is 2. The highest BCUT2D eigenvalue weighted by Gasteiger charge is 2.18. The minimum atomic E-state index is -0.0609. The monoisotopic (exact) mass is 438 g/mol. The normalized spacial score (nSPS) is 11.0. The van der Waals surface area contributed by atoms with Crippen LogP contribution in [0.3, 0.4) is 0 Å². The lowest BCUT2D eigenvalue weighted by atomic mass is 10.1. The van der Waals surface area contributed by atoms with Crippen LogP contribution in [0.25, 0.3) is 10.7 Å². The van der Waals surface area contributed by atoms with Crippen LogP contribution in [-0.4, -0.2) is 26.4 Å². The highest BCUT2D eigenvalue weighted by atomic mass is 32.2. The number of hydrogen-bond donors (Lipinski definition) is 1. The predicted octanol–water partition coefficient (Wildman–Crippen LogP) is 5.25. The predicted molar refractivity (Wildman–Crippen MR) is 121 cm³/mol. The number of hydrogen-bond acceptors (Lipinski definition) is 6. The molecule has 4 rings (SSSR count). The number of anilines is 1. The van der Waals surface area contributed by atoms with Crippen molar-refractivity contribution in [1.82, 2.24) is 14.8 Å². The maximum Gasteiger partial charge on any atom is 0.234 e. The van der Waals surface area contributed by atoms with Gasteiger partial charge in [-0.2, -0.15) is 0 Å². The van der Waals surface area contributed by atoms with Crippen molar-refractivity contribution >= 4 is 34.7 Å². The van der Waals surface area contributed by atoms with Gasteiger partial charge in [0.1, 0.15) is 5.76 Å². The van der Waals surface area contributed by atoms with Crippen molar-refractivity contribution in [2.24, 2.45) is 0 Å². The zero-order valence-electron chi connectivity index (χ0n) is 16.8. The number of nitrogens with zero attached hydrogens (tertiary/aromatic N) is 3.